The molecule has 5 heteroatoms. The maximum Gasteiger partial charge on any atom is 0.255 e. The fraction of sp³-hybridized carbons (Fsp3) is 0.286. The lowest BCUT2D eigenvalue weighted by Crippen LogP contribution is -2.29. The predicted octanol–water partition coefficient (Wildman–Crippen LogP) is 3.65. The average molecular weight is 346 g/mol. The first kappa shape index (κ1) is 16.5. The molecule has 0 radical (unpaired) electrons. The Hall–Kier alpha value is -2.95. The van der Waals surface area contributed by atoms with Gasteiger partial charge >= 0.3 is 0 Å². The van der Waals surface area contributed by atoms with Crippen molar-refractivity contribution in [3.63, 3.8) is 0 Å². The van der Waals surface area contributed by atoms with Crippen molar-refractivity contribution in [2.75, 3.05) is 13.1 Å². The summed E-state index contributed by atoms with van der Waals surface area (Å²) < 4.78 is 2.27. The molecule has 0 saturated carbocycles. The van der Waals surface area contributed by atoms with Gasteiger partial charge in [-0.2, -0.15) is 0 Å². The van der Waals surface area contributed by atoms with E-state index < -0.39 is 0 Å². The van der Waals surface area contributed by atoms with E-state index in [1.807, 2.05) is 48.4 Å². The molecule has 1 amide bonds. The van der Waals surface area contributed by atoms with Crippen molar-refractivity contribution in [1.29, 1.82) is 0 Å². The molecule has 4 rings (SSSR count). The molecule has 1 unspecified atom stereocenters. The molecule has 2 aromatic heterocycles. The first-order chi connectivity index (χ1) is 12.6. The topological polar surface area (TPSA) is 51.0 Å². The Bertz CT molecular complexity index is 915. The quantitative estimate of drug-likeness (QED) is 0.727. The van der Waals surface area contributed by atoms with Gasteiger partial charge < -0.3 is 9.47 Å². The number of nitrogens with zero attached hydrogens (tertiary/aromatic N) is 4. The number of likely N-dealkylation sites (tertiary alicyclic amines) is 1. The zero-order valence-corrected chi connectivity index (χ0v) is 15.1. The third-order valence-corrected chi connectivity index (χ3v) is 4.99. The lowest BCUT2D eigenvalue weighted by atomic mass is 10.2. The van der Waals surface area contributed by atoms with Crippen molar-refractivity contribution in [2.24, 2.45) is 0 Å². The van der Waals surface area contributed by atoms with Crippen molar-refractivity contribution in [1.82, 2.24) is 19.4 Å². The van der Waals surface area contributed by atoms with E-state index in [4.69, 9.17) is 0 Å². The van der Waals surface area contributed by atoms with E-state index in [1.54, 1.807) is 6.20 Å². The fourth-order valence-electron chi connectivity index (χ4n) is 3.62. The molecule has 0 spiro atoms. The summed E-state index contributed by atoms with van der Waals surface area (Å²) in [6, 6.07) is 14.2. The molecule has 132 valence electrons. The van der Waals surface area contributed by atoms with Gasteiger partial charge in [0, 0.05) is 42.4 Å². The van der Waals surface area contributed by atoms with Gasteiger partial charge in [-0.25, -0.2) is 4.98 Å². The Kier molecular flexibility index (Phi) is 4.29. The van der Waals surface area contributed by atoms with Crippen molar-refractivity contribution < 1.29 is 4.79 Å². The molecule has 3 heterocycles. The first-order valence-electron chi connectivity index (χ1n) is 8.94. The molecule has 3 aromatic rings. The Morgan fingerprint density at radius 1 is 1.04 bits per heavy atom. The highest BCUT2D eigenvalue weighted by molar-refractivity contribution is 5.94. The molecule has 26 heavy (non-hydrogen) atoms. The maximum atomic E-state index is 12.8. The van der Waals surface area contributed by atoms with E-state index in [1.165, 1.54) is 0 Å². The van der Waals surface area contributed by atoms with Crippen LogP contribution in [0.5, 0.6) is 0 Å². The summed E-state index contributed by atoms with van der Waals surface area (Å²) in [4.78, 5) is 23.6. The maximum absolute atomic E-state index is 12.8. The lowest BCUT2D eigenvalue weighted by molar-refractivity contribution is 0.0787. The third kappa shape index (κ3) is 3.01. The Morgan fingerprint density at radius 2 is 1.85 bits per heavy atom. The highest BCUT2D eigenvalue weighted by Crippen LogP contribution is 2.30. The second-order valence-electron chi connectivity index (χ2n) is 6.84. The van der Waals surface area contributed by atoms with Gasteiger partial charge in [0.15, 0.2) is 0 Å². The molecule has 1 saturated heterocycles. The number of rotatable bonds is 3. The summed E-state index contributed by atoms with van der Waals surface area (Å²) >= 11 is 0. The van der Waals surface area contributed by atoms with E-state index in [2.05, 4.69) is 33.6 Å². The summed E-state index contributed by atoms with van der Waals surface area (Å²) in [5.74, 6) is 1.03. The van der Waals surface area contributed by atoms with Crippen LogP contribution in [0.1, 0.15) is 34.2 Å². The minimum atomic E-state index is 0.0547. The normalized spacial score (nSPS) is 16.8. The van der Waals surface area contributed by atoms with Gasteiger partial charge in [0.2, 0.25) is 0 Å². The van der Waals surface area contributed by atoms with Gasteiger partial charge in [0.1, 0.15) is 5.82 Å². The summed E-state index contributed by atoms with van der Waals surface area (Å²) in [6.07, 6.45) is 4.52. The Balaban J connectivity index is 1.57. The van der Waals surface area contributed by atoms with Crippen molar-refractivity contribution >= 4 is 5.91 Å². The van der Waals surface area contributed by atoms with Gasteiger partial charge in [0.05, 0.1) is 11.6 Å². The number of carbonyl (C=O) groups excluding carboxylic acids is 1. The van der Waals surface area contributed by atoms with Crippen LogP contribution in [0.25, 0.3) is 11.4 Å². The number of hydrogen-bond acceptors (Lipinski definition) is 3. The average Bonchev–Trinajstić information content (AvgIpc) is 3.29. The summed E-state index contributed by atoms with van der Waals surface area (Å²) in [7, 11) is 0. The van der Waals surface area contributed by atoms with E-state index >= 15 is 0 Å². The van der Waals surface area contributed by atoms with E-state index in [-0.39, 0.29) is 11.9 Å². The monoisotopic (exact) mass is 346 g/mol. The summed E-state index contributed by atoms with van der Waals surface area (Å²) in [6.45, 7) is 5.45. The van der Waals surface area contributed by atoms with Crippen LogP contribution < -0.4 is 0 Å². The number of hydrogen-bond donors (Lipinski definition) is 0. The smallest absolute Gasteiger partial charge is 0.255 e. The number of aryl methyl sites for hydroxylation is 2. The Labute approximate surface area is 153 Å². The zero-order chi connectivity index (χ0) is 18.1. The van der Waals surface area contributed by atoms with Gasteiger partial charge in [-0.1, -0.05) is 30.3 Å². The van der Waals surface area contributed by atoms with E-state index in [9.17, 15) is 4.79 Å². The largest absolute Gasteiger partial charge is 0.336 e. The van der Waals surface area contributed by atoms with Crippen molar-refractivity contribution in [3.05, 3.63) is 71.8 Å². The van der Waals surface area contributed by atoms with Gasteiger partial charge in [-0.3, -0.25) is 9.78 Å². The second kappa shape index (κ2) is 6.75. The van der Waals surface area contributed by atoms with Crippen LogP contribution in [-0.4, -0.2) is 38.4 Å². The number of amides is 1. The summed E-state index contributed by atoms with van der Waals surface area (Å²) in [5, 5.41) is 0. The molecule has 0 aliphatic carbocycles. The lowest BCUT2D eigenvalue weighted by Gasteiger charge is -2.20. The zero-order valence-electron chi connectivity index (χ0n) is 15.1. The van der Waals surface area contributed by atoms with Crippen LogP contribution in [0, 0.1) is 13.8 Å². The van der Waals surface area contributed by atoms with Crippen LogP contribution in [0.4, 0.5) is 0 Å². The van der Waals surface area contributed by atoms with Crippen molar-refractivity contribution in [2.45, 2.75) is 26.3 Å². The van der Waals surface area contributed by atoms with E-state index in [0.29, 0.717) is 12.1 Å². The summed E-state index contributed by atoms with van der Waals surface area (Å²) in [5.41, 5.74) is 3.80. The van der Waals surface area contributed by atoms with Crippen LogP contribution in [0.15, 0.2) is 54.9 Å². The standard InChI is InChI=1S/C21H22N4O/c1-15-8-9-18(13-22-15)21(26)24-11-10-19(14-24)25-16(2)12-23-20(25)17-6-4-3-5-7-17/h3-9,12-13,19H,10-11,14H2,1-2H3. The van der Waals surface area contributed by atoms with Gasteiger partial charge in [0.25, 0.3) is 5.91 Å². The molecule has 1 atom stereocenters. The predicted molar refractivity (Wildman–Crippen MR) is 101 cm³/mol. The first-order valence-corrected chi connectivity index (χ1v) is 8.94. The third-order valence-electron chi connectivity index (χ3n) is 4.99. The molecular weight excluding hydrogens is 324 g/mol. The Morgan fingerprint density at radius 3 is 2.58 bits per heavy atom. The number of benzene rings is 1. The second-order valence-corrected chi connectivity index (χ2v) is 6.84. The highest BCUT2D eigenvalue weighted by atomic mass is 16.2. The van der Waals surface area contributed by atoms with Gasteiger partial charge in [-0.15, -0.1) is 0 Å². The van der Waals surface area contributed by atoms with Crippen LogP contribution in [0.2, 0.25) is 0 Å². The minimum absolute atomic E-state index is 0.0547. The number of carbonyl (C=O) groups is 1. The molecule has 5 nitrogen and oxygen atoms in total. The van der Waals surface area contributed by atoms with Crippen molar-refractivity contribution in [3.8, 4) is 11.4 Å². The SMILES string of the molecule is Cc1ccc(C(=O)N2CCC(n3c(C)cnc3-c3ccccc3)C2)cn1. The van der Waals surface area contributed by atoms with Crippen LogP contribution in [-0.2, 0) is 0 Å². The molecule has 1 aromatic carbocycles. The molecule has 1 fully saturated rings. The van der Waals surface area contributed by atoms with Crippen LogP contribution >= 0.6 is 0 Å². The minimum Gasteiger partial charge on any atom is -0.336 e. The van der Waals surface area contributed by atoms with Gasteiger partial charge in [-0.05, 0) is 32.4 Å². The molecule has 0 N–H and O–H groups in total. The molecule has 1 aliphatic heterocycles. The van der Waals surface area contributed by atoms with Crippen LogP contribution in [0.3, 0.4) is 0 Å². The molecule has 1 aliphatic rings. The molecule has 0 bridgehead atoms. The highest BCUT2D eigenvalue weighted by Gasteiger charge is 2.30. The van der Waals surface area contributed by atoms with E-state index in [0.717, 1.165) is 35.7 Å². The number of pyridine rings is 1. The number of aromatic nitrogens is 3. The fourth-order valence-corrected chi connectivity index (χ4v) is 3.62. The number of imidazole rings is 1. The molecular formula is C21H22N4O.